The molecule has 4 bridgehead atoms. The summed E-state index contributed by atoms with van der Waals surface area (Å²) >= 11 is 0. The van der Waals surface area contributed by atoms with E-state index >= 15 is 0 Å². The maximum absolute atomic E-state index is 13.1. The molecule has 1 unspecified atom stereocenters. The first-order chi connectivity index (χ1) is 16.9. The van der Waals surface area contributed by atoms with Gasteiger partial charge in [-0.2, -0.15) is 4.31 Å². The molecule has 3 rings (SSSR count). The van der Waals surface area contributed by atoms with Crippen LogP contribution < -0.4 is 5.32 Å². The zero-order valence-corrected chi connectivity index (χ0v) is 22.2. The summed E-state index contributed by atoms with van der Waals surface area (Å²) in [5.74, 6) is -0.480. The smallest absolute Gasteiger partial charge is 0.410 e. The van der Waals surface area contributed by atoms with Crippen molar-refractivity contribution in [2.75, 3.05) is 39.8 Å². The number of hydrogen-bond acceptors (Lipinski definition) is 6. The first-order valence-electron chi connectivity index (χ1n) is 12.1. The number of nitrogens with zero attached hydrogens (tertiary/aromatic N) is 3. The molecule has 1 atom stereocenters. The number of rotatable bonds is 0. The van der Waals surface area contributed by atoms with Gasteiger partial charge >= 0.3 is 6.09 Å². The molecule has 198 valence electrons. The second-order valence-electron chi connectivity index (χ2n) is 10.1. The number of carbonyl (C=O) groups is 3. The third-order valence-electron chi connectivity index (χ3n) is 6.02. The van der Waals surface area contributed by atoms with Gasteiger partial charge in [-0.3, -0.25) is 9.59 Å². The van der Waals surface area contributed by atoms with Gasteiger partial charge in [-0.15, -0.1) is 0 Å². The molecule has 2 heterocycles. The Morgan fingerprint density at radius 3 is 2.56 bits per heavy atom. The Morgan fingerprint density at radius 2 is 1.83 bits per heavy atom. The summed E-state index contributed by atoms with van der Waals surface area (Å²) in [5, 5.41) is 2.94. The fraction of sp³-hybridized carbons (Fsp3) is 0.560. The van der Waals surface area contributed by atoms with Crippen molar-refractivity contribution in [3.05, 3.63) is 42.0 Å². The Kier molecular flexibility index (Phi) is 8.78. The van der Waals surface area contributed by atoms with Crippen molar-refractivity contribution in [1.82, 2.24) is 19.4 Å². The Bertz CT molecular complexity index is 1110. The number of fused-ring (bicyclic) bond motifs is 4. The van der Waals surface area contributed by atoms with E-state index in [4.69, 9.17) is 4.74 Å². The van der Waals surface area contributed by atoms with Crippen LogP contribution in [-0.4, -0.2) is 91.8 Å². The number of hydrogen-bond donors (Lipinski definition) is 1. The molecule has 0 aliphatic carbocycles. The van der Waals surface area contributed by atoms with Crippen molar-refractivity contribution in [2.45, 2.75) is 56.6 Å². The Labute approximate surface area is 213 Å². The van der Waals surface area contributed by atoms with Gasteiger partial charge in [0.15, 0.2) is 0 Å². The molecule has 0 saturated carbocycles. The minimum absolute atomic E-state index is 0.0167. The van der Waals surface area contributed by atoms with Crippen molar-refractivity contribution < 1.29 is 27.5 Å². The average Bonchev–Trinajstić information content (AvgIpc) is 2.81. The van der Waals surface area contributed by atoms with Crippen molar-refractivity contribution in [1.29, 1.82) is 0 Å². The SMILES string of the molecule is CN1C/C=C/CN(C(=O)OC(C)(C)C)CCC(=O)N2CCCC(C2)NC(=O)c2cccc(c2)S1(=O)=O. The van der Waals surface area contributed by atoms with Crippen LogP contribution in [0.3, 0.4) is 0 Å². The number of sulfonamides is 1. The highest BCUT2D eigenvalue weighted by atomic mass is 32.2. The molecule has 11 heteroatoms. The molecule has 1 aromatic rings. The first kappa shape index (κ1) is 27.7. The summed E-state index contributed by atoms with van der Waals surface area (Å²) in [6, 6.07) is 5.69. The summed E-state index contributed by atoms with van der Waals surface area (Å²) in [7, 11) is -2.39. The molecule has 0 radical (unpaired) electrons. The zero-order chi connectivity index (χ0) is 26.5. The van der Waals surface area contributed by atoms with Gasteiger partial charge in [0, 0.05) is 57.8 Å². The lowest BCUT2D eigenvalue weighted by Crippen LogP contribution is -2.50. The normalized spacial score (nSPS) is 23.3. The molecule has 2 aliphatic heterocycles. The van der Waals surface area contributed by atoms with Gasteiger partial charge in [0.25, 0.3) is 5.91 Å². The summed E-state index contributed by atoms with van der Waals surface area (Å²) in [6.45, 7) is 6.64. The number of carbonyl (C=O) groups excluding carboxylic acids is 3. The predicted molar refractivity (Wildman–Crippen MR) is 135 cm³/mol. The lowest BCUT2D eigenvalue weighted by molar-refractivity contribution is -0.132. The molecular weight excluding hydrogens is 484 g/mol. The van der Waals surface area contributed by atoms with Crippen LogP contribution in [0.4, 0.5) is 4.79 Å². The van der Waals surface area contributed by atoms with Gasteiger partial charge in [-0.1, -0.05) is 18.2 Å². The molecule has 1 fully saturated rings. The first-order valence-corrected chi connectivity index (χ1v) is 13.6. The van der Waals surface area contributed by atoms with Gasteiger partial charge in [0.2, 0.25) is 15.9 Å². The molecule has 36 heavy (non-hydrogen) atoms. The minimum Gasteiger partial charge on any atom is -0.444 e. The highest BCUT2D eigenvalue weighted by Gasteiger charge is 2.28. The highest BCUT2D eigenvalue weighted by molar-refractivity contribution is 7.89. The van der Waals surface area contributed by atoms with Crippen molar-refractivity contribution in [3.8, 4) is 0 Å². The van der Waals surface area contributed by atoms with E-state index in [2.05, 4.69) is 5.32 Å². The van der Waals surface area contributed by atoms with Gasteiger partial charge in [0.05, 0.1) is 4.90 Å². The van der Waals surface area contributed by atoms with E-state index in [1.165, 1.54) is 28.4 Å². The van der Waals surface area contributed by atoms with Gasteiger partial charge in [-0.25, -0.2) is 13.2 Å². The van der Waals surface area contributed by atoms with E-state index < -0.39 is 21.7 Å². The van der Waals surface area contributed by atoms with E-state index in [0.29, 0.717) is 19.5 Å². The summed E-state index contributed by atoms with van der Waals surface area (Å²) in [5.41, 5.74) is -0.449. The fourth-order valence-electron chi connectivity index (χ4n) is 4.06. The van der Waals surface area contributed by atoms with Crippen LogP contribution >= 0.6 is 0 Å². The highest BCUT2D eigenvalue weighted by Crippen LogP contribution is 2.18. The lowest BCUT2D eigenvalue weighted by Gasteiger charge is -2.34. The van der Waals surface area contributed by atoms with Gasteiger partial charge in [0.1, 0.15) is 5.60 Å². The second kappa shape index (κ2) is 11.4. The van der Waals surface area contributed by atoms with E-state index in [0.717, 1.165) is 6.42 Å². The standard InChI is InChI=1S/C25H36N4O6S/c1-25(2,3)35-24(32)28-14-6-5-13-27(4)36(33,34)21-11-7-9-19(17-21)23(31)26-20-10-8-15-29(18-20)22(30)12-16-28/h5-7,9,11,17,20H,8,10,12-16,18H2,1-4H3,(H,26,31)/b6-5+. The Hall–Kier alpha value is -2.92. The molecule has 1 saturated heterocycles. The summed E-state index contributed by atoms with van der Waals surface area (Å²) in [6.07, 6.45) is 4.34. The molecule has 0 spiro atoms. The third kappa shape index (κ3) is 7.30. The molecule has 1 N–H and O–H groups in total. The molecule has 3 amide bonds. The number of piperidine rings is 1. The van der Waals surface area contributed by atoms with Crippen LogP contribution in [0.5, 0.6) is 0 Å². The molecule has 10 nitrogen and oxygen atoms in total. The Balaban J connectivity index is 1.89. The number of ether oxygens (including phenoxy) is 1. The fourth-order valence-corrected chi connectivity index (χ4v) is 5.23. The van der Waals surface area contributed by atoms with E-state index in [9.17, 15) is 22.8 Å². The largest absolute Gasteiger partial charge is 0.444 e. The van der Waals surface area contributed by atoms with Crippen molar-refractivity contribution in [3.63, 3.8) is 0 Å². The Morgan fingerprint density at radius 1 is 1.11 bits per heavy atom. The number of amides is 3. The van der Waals surface area contributed by atoms with Crippen LogP contribution in [0.15, 0.2) is 41.3 Å². The van der Waals surface area contributed by atoms with E-state index in [1.54, 1.807) is 50.0 Å². The average molecular weight is 521 g/mol. The number of nitrogens with one attached hydrogen (secondary N) is 1. The van der Waals surface area contributed by atoms with Crippen molar-refractivity contribution >= 4 is 27.9 Å². The predicted octanol–water partition coefficient (Wildman–Crippen LogP) is 2.22. The van der Waals surface area contributed by atoms with E-state index in [1.807, 2.05) is 0 Å². The second-order valence-corrected chi connectivity index (χ2v) is 12.2. The van der Waals surface area contributed by atoms with Crippen LogP contribution in [0.2, 0.25) is 0 Å². The van der Waals surface area contributed by atoms with Gasteiger partial charge in [-0.05, 0) is 51.8 Å². The molecule has 0 aromatic heterocycles. The number of likely N-dealkylation sites (N-methyl/N-ethyl adjacent to an activating group) is 1. The summed E-state index contributed by atoms with van der Waals surface area (Å²) < 4.78 is 32.8. The lowest BCUT2D eigenvalue weighted by atomic mass is 10.0. The molecule has 2 aliphatic rings. The summed E-state index contributed by atoms with van der Waals surface area (Å²) in [4.78, 5) is 41.7. The van der Waals surface area contributed by atoms with Crippen LogP contribution in [0, 0.1) is 0 Å². The zero-order valence-electron chi connectivity index (χ0n) is 21.4. The topological polar surface area (TPSA) is 116 Å². The quantitative estimate of drug-likeness (QED) is 0.525. The monoisotopic (exact) mass is 520 g/mol. The number of benzene rings is 1. The van der Waals surface area contributed by atoms with E-state index in [-0.39, 0.29) is 54.4 Å². The third-order valence-corrected chi connectivity index (χ3v) is 7.84. The maximum atomic E-state index is 13.1. The van der Waals surface area contributed by atoms with Crippen LogP contribution in [-0.2, 0) is 19.6 Å². The van der Waals surface area contributed by atoms with Crippen molar-refractivity contribution in [2.24, 2.45) is 0 Å². The maximum Gasteiger partial charge on any atom is 0.410 e. The minimum atomic E-state index is -3.84. The molecule has 1 aromatic carbocycles. The van der Waals surface area contributed by atoms with Crippen LogP contribution in [0.25, 0.3) is 0 Å². The van der Waals surface area contributed by atoms with Gasteiger partial charge < -0.3 is 19.9 Å². The molecular formula is C25H36N4O6S. The van der Waals surface area contributed by atoms with Crippen LogP contribution in [0.1, 0.15) is 50.4 Å².